The fourth-order valence-corrected chi connectivity index (χ4v) is 2.93. The minimum Gasteiger partial charge on any atom is -0.480 e. The van der Waals surface area contributed by atoms with Crippen LogP contribution in [0.25, 0.3) is 0 Å². The summed E-state index contributed by atoms with van der Waals surface area (Å²) in [6, 6.07) is 14.9. The van der Waals surface area contributed by atoms with Crippen molar-refractivity contribution in [2.45, 2.75) is 23.6 Å². The molecule has 0 amide bonds. The van der Waals surface area contributed by atoms with Crippen molar-refractivity contribution >= 4 is 17.7 Å². The van der Waals surface area contributed by atoms with Gasteiger partial charge in [-0.05, 0) is 31.0 Å². The molecule has 1 aromatic heterocycles. The fourth-order valence-electron chi connectivity index (χ4n) is 1.85. The maximum atomic E-state index is 11.5. The van der Waals surface area contributed by atoms with Gasteiger partial charge in [0.2, 0.25) is 0 Å². The maximum Gasteiger partial charge on any atom is 0.317 e. The van der Waals surface area contributed by atoms with E-state index >= 15 is 0 Å². The summed E-state index contributed by atoms with van der Waals surface area (Å²) in [7, 11) is 0. The summed E-state index contributed by atoms with van der Waals surface area (Å²) in [5.74, 6) is -0.906. The van der Waals surface area contributed by atoms with Crippen molar-refractivity contribution < 1.29 is 9.90 Å². The second-order valence-electron chi connectivity index (χ2n) is 4.55. The summed E-state index contributed by atoms with van der Waals surface area (Å²) in [5, 5.41) is 18.3. The number of rotatable bonds is 5. The number of hydrogen-bond donors (Lipinski definition) is 1. The molecule has 106 valence electrons. The molecule has 0 fully saturated rings. The molecule has 0 saturated carbocycles. The molecule has 0 radical (unpaired) electrons. The van der Waals surface area contributed by atoms with Crippen LogP contribution in [0.1, 0.15) is 16.8 Å². The Morgan fingerprint density at radius 2 is 2.05 bits per heavy atom. The highest BCUT2D eigenvalue weighted by atomic mass is 32.2. The zero-order chi connectivity index (χ0) is 15.2. The SMILES string of the molecule is Cc1ccc(C#N)c(SC(Cc2ccccc2)C(=O)O)n1. The molecule has 1 atom stereocenters. The van der Waals surface area contributed by atoms with E-state index < -0.39 is 11.2 Å². The van der Waals surface area contributed by atoms with Gasteiger partial charge in [0.1, 0.15) is 16.3 Å². The lowest BCUT2D eigenvalue weighted by Crippen LogP contribution is -2.19. The molecular formula is C16H14N2O2S. The number of aromatic nitrogens is 1. The third kappa shape index (κ3) is 4.07. The van der Waals surface area contributed by atoms with E-state index in [0.29, 0.717) is 17.0 Å². The standard InChI is InChI=1S/C16H14N2O2S/c1-11-7-8-13(10-17)15(18-11)21-14(16(19)20)9-12-5-3-2-4-6-12/h2-8,14H,9H2,1H3,(H,19,20). The Hall–Kier alpha value is -2.32. The van der Waals surface area contributed by atoms with Gasteiger partial charge < -0.3 is 5.11 Å². The summed E-state index contributed by atoms with van der Waals surface area (Å²) >= 11 is 1.12. The van der Waals surface area contributed by atoms with Crippen LogP contribution in [0.2, 0.25) is 0 Å². The van der Waals surface area contributed by atoms with Crippen molar-refractivity contribution in [1.29, 1.82) is 5.26 Å². The largest absolute Gasteiger partial charge is 0.480 e. The van der Waals surface area contributed by atoms with E-state index in [-0.39, 0.29) is 0 Å². The molecule has 0 saturated heterocycles. The van der Waals surface area contributed by atoms with Crippen LogP contribution in [0.3, 0.4) is 0 Å². The Balaban J connectivity index is 2.23. The smallest absolute Gasteiger partial charge is 0.317 e. The molecule has 2 rings (SSSR count). The van der Waals surface area contributed by atoms with Crippen LogP contribution in [0.5, 0.6) is 0 Å². The van der Waals surface area contributed by atoms with E-state index in [1.165, 1.54) is 0 Å². The molecule has 4 nitrogen and oxygen atoms in total. The third-order valence-electron chi connectivity index (χ3n) is 2.91. The summed E-state index contributed by atoms with van der Waals surface area (Å²) in [6.07, 6.45) is 0.390. The predicted molar refractivity (Wildman–Crippen MR) is 81.1 cm³/mol. The maximum absolute atomic E-state index is 11.5. The lowest BCUT2D eigenvalue weighted by molar-refractivity contribution is -0.136. The van der Waals surface area contributed by atoms with Crippen molar-refractivity contribution in [2.24, 2.45) is 0 Å². The highest BCUT2D eigenvalue weighted by Gasteiger charge is 2.22. The van der Waals surface area contributed by atoms with Crippen molar-refractivity contribution in [2.75, 3.05) is 0 Å². The number of hydrogen-bond acceptors (Lipinski definition) is 4. The first-order chi connectivity index (χ1) is 10.1. The van der Waals surface area contributed by atoms with Crippen molar-refractivity contribution in [3.8, 4) is 6.07 Å². The van der Waals surface area contributed by atoms with Crippen LogP contribution in [0.15, 0.2) is 47.5 Å². The number of nitriles is 1. The number of carbonyl (C=O) groups is 1. The van der Waals surface area contributed by atoms with Gasteiger partial charge in [-0.1, -0.05) is 42.1 Å². The fraction of sp³-hybridized carbons (Fsp3) is 0.188. The quantitative estimate of drug-likeness (QED) is 0.859. The first kappa shape index (κ1) is 15.1. The van der Waals surface area contributed by atoms with Crippen LogP contribution in [0, 0.1) is 18.3 Å². The molecule has 0 aliphatic carbocycles. The Bertz CT molecular complexity index is 680. The van der Waals surface area contributed by atoms with Gasteiger partial charge in [0.25, 0.3) is 0 Å². The normalized spacial score (nSPS) is 11.6. The topological polar surface area (TPSA) is 74.0 Å². The highest BCUT2D eigenvalue weighted by Crippen LogP contribution is 2.27. The molecule has 1 aromatic carbocycles. The Labute approximate surface area is 127 Å². The molecule has 0 aliphatic rings. The highest BCUT2D eigenvalue weighted by molar-refractivity contribution is 8.00. The minimum absolute atomic E-state index is 0.390. The van der Waals surface area contributed by atoms with E-state index in [0.717, 1.165) is 23.0 Å². The zero-order valence-electron chi connectivity index (χ0n) is 11.5. The lowest BCUT2D eigenvalue weighted by Gasteiger charge is -2.12. The van der Waals surface area contributed by atoms with Crippen LogP contribution in [-0.2, 0) is 11.2 Å². The van der Waals surface area contributed by atoms with Crippen molar-refractivity contribution in [3.63, 3.8) is 0 Å². The zero-order valence-corrected chi connectivity index (χ0v) is 12.3. The first-order valence-electron chi connectivity index (χ1n) is 6.41. The van der Waals surface area contributed by atoms with Gasteiger partial charge in [0.15, 0.2) is 0 Å². The van der Waals surface area contributed by atoms with E-state index in [9.17, 15) is 9.90 Å². The van der Waals surface area contributed by atoms with Crippen LogP contribution < -0.4 is 0 Å². The number of aliphatic carboxylic acids is 1. The van der Waals surface area contributed by atoms with Gasteiger partial charge in [-0.2, -0.15) is 5.26 Å². The molecule has 5 heteroatoms. The molecule has 1 heterocycles. The van der Waals surface area contributed by atoms with Crippen molar-refractivity contribution in [1.82, 2.24) is 4.98 Å². The van der Waals surface area contributed by atoms with Gasteiger partial charge >= 0.3 is 5.97 Å². The Kier molecular flexibility index (Phi) is 4.96. The summed E-state index contributed by atoms with van der Waals surface area (Å²) in [4.78, 5) is 15.7. The number of nitrogens with zero attached hydrogens (tertiary/aromatic N) is 2. The molecule has 1 unspecified atom stereocenters. The molecule has 0 bridgehead atoms. The monoisotopic (exact) mass is 298 g/mol. The molecule has 21 heavy (non-hydrogen) atoms. The summed E-state index contributed by atoms with van der Waals surface area (Å²) in [5.41, 5.74) is 2.12. The lowest BCUT2D eigenvalue weighted by atomic mass is 10.1. The number of pyridine rings is 1. The van der Waals surface area contributed by atoms with Crippen LogP contribution >= 0.6 is 11.8 Å². The summed E-state index contributed by atoms with van der Waals surface area (Å²) in [6.45, 7) is 1.82. The third-order valence-corrected chi connectivity index (χ3v) is 4.10. The Morgan fingerprint density at radius 1 is 1.33 bits per heavy atom. The summed E-state index contributed by atoms with van der Waals surface area (Å²) < 4.78 is 0. The van der Waals surface area contributed by atoms with Gasteiger partial charge in [0.05, 0.1) is 5.56 Å². The van der Waals surface area contributed by atoms with Crippen LogP contribution in [-0.4, -0.2) is 21.3 Å². The van der Waals surface area contributed by atoms with Gasteiger partial charge in [-0.3, -0.25) is 4.79 Å². The van der Waals surface area contributed by atoms with E-state index in [1.54, 1.807) is 12.1 Å². The molecule has 0 spiro atoms. The number of aryl methyl sites for hydroxylation is 1. The van der Waals surface area contributed by atoms with E-state index in [4.69, 9.17) is 5.26 Å². The van der Waals surface area contributed by atoms with Crippen LogP contribution in [0.4, 0.5) is 0 Å². The molecule has 2 aromatic rings. The molecule has 1 N–H and O–H groups in total. The first-order valence-corrected chi connectivity index (χ1v) is 7.29. The second kappa shape index (κ2) is 6.91. The number of carboxylic acid groups (broad SMARTS) is 1. The minimum atomic E-state index is -0.906. The predicted octanol–water partition coefficient (Wildman–Crippen LogP) is 3.05. The molecular weight excluding hydrogens is 284 g/mol. The average Bonchev–Trinajstić information content (AvgIpc) is 2.48. The number of benzene rings is 1. The van der Waals surface area contributed by atoms with Gasteiger partial charge in [-0.25, -0.2) is 4.98 Å². The van der Waals surface area contributed by atoms with Gasteiger partial charge in [-0.15, -0.1) is 0 Å². The molecule has 0 aliphatic heterocycles. The van der Waals surface area contributed by atoms with E-state index in [1.807, 2.05) is 37.3 Å². The number of thioether (sulfide) groups is 1. The van der Waals surface area contributed by atoms with E-state index in [2.05, 4.69) is 11.1 Å². The van der Waals surface area contributed by atoms with Crippen molar-refractivity contribution in [3.05, 3.63) is 59.3 Å². The second-order valence-corrected chi connectivity index (χ2v) is 5.74. The Morgan fingerprint density at radius 3 is 2.67 bits per heavy atom. The average molecular weight is 298 g/mol. The number of carboxylic acids is 1. The van der Waals surface area contributed by atoms with Gasteiger partial charge in [0, 0.05) is 5.69 Å².